The van der Waals surface area contributed by atoms with E-state index < -0.39 is 17.5 Å². The first-order chi connectivity index (χ1) is 13.0. The molecule has 0 bridgehead atoms. The lowest BCUT2D eigenvalue weighted by atomic mass is 10.2. The molecule has 0 atom stereocenters. The van der Waals surface area contributed by atoms with Gasteiger partial charge in [0.25, 0.3) is 0 Å². The molecule has 0 aliphatic heterocycles. The molecule has 2 aromatic carbocycles. The van der Waals surface area contributed by atoms with Gasteiger partial charge in [-0.05, 0) is 25.1 Å². The molecule has 0 aliphatic carbocycles. The van der Waals surface area contributed by atoms with Crippen LogP contribution >= 0.6 is 0 Å². The maximum atomic E-state index is 13.9. The summed E-state index contributed by atoms with van der Waals surface area (Å²) in [6.45, 7) is 2.11. The Morgan fingerprint density at radius 1 is 0.963 bits per heavy atom. The molecule has 0 fully saturated rings. The largest absolute Gasteiger partial charge is 0.496 e. The number of benzene rings is 2. The van der Waals surface area contributed by atoms with Crippen LogP contribution in [0.1, 0.15) is 11.4 Å². The molecular formula is C19H17F3N4O. The predicted molar refractivity (Wildman–Crippen MR) is 96.7 cm³/mol. The van der Waals surface area contributed by atoms with Crippen molar-refractivity contribution in [3.05, 3.63) is 71.3 Å². The quantitative estimate of drug-likeness (QED) is 0.619. The Hall–Kier alpha value is -3.29. The number of methoxy groups -OCH3 is 1. The van der Waals surface area contributed by atoms with Crippen LogP contribution in [0, 0.1) is 24.4 Å². The fourth-order valence-electron chi connectivity index (χ4n) is 2.52. The highest BCUT2D eigenvalue weighted by atomic mass is 19.2. The van der Waals surface area contributed by atoms with Gasteiger partial charge in [-0.2, -0.15) is 0 Å². The molecule has 1 aromatic heterocycles. The van der Waals surface area contributed by atoms with E-state index in [1.165, 1.54) is 0 Å². The summed E-state index contributed by atoms with van der Waals surface area (Å²) in [6, 6.07) is 11.0. The van der Waals surface area contributed by atoms with Gasteiger partial charge in [0.05, 0.1) is 12.8 Å². The normalized spacial score (nSPS) is 10.6. The monoisotopic (exact) mass is 374 g/mol. The van der Waals surface area contributed by atoms with Gasteiger partial charge in [-0.1, -0.05) is 18.2 Å². The molecule has 5 nitrogen and oxygen atoms in total. The Bertz CT molecular complexity index is 966. The number of aromatic nitrogens is 2. The number of anilines is 3. The first-order valence-corrected chi connectivity index (χ1v) is 8.10. The smallest absolute Gasteiger partial charge is 0.196 e. The predicted octanol–water partition coefficient (Wildman–Crippen LogP) is 4.57. The highest BCUT2D eigenvalue weighted by Gasteiger charge is 2.14. The van der Waals surface area contributed by atoms with E-state index in [0.717, 1.165) is 23.4 Å². The van der Waals surface area contributed by atoms with Crippen molar-refractivity contribution in [2.45, 2.75) is 13.5 Å². The van der Waals surface area contributed by atoms with Crippen molar-refractivity contribution in [3.8, 4) is 5.75 Å². The van der Waals surface area contributed by atoms with Crippen molar-refractivity contribution >= 4 is 17.3 Å². The molecule has 27 heavy (non-hydrogen) atoms. The Morgan fingerprint density at radius 2 is 1.70 bits per heavy atom. The van der Waals surface area contributed by atoms with E-state index >= 15 is 0 Å². The molecule has 0 unspecified atom stereocenters. The molecule has 0 amide bonds. The van der Waals surface area contributed by atoms with Gasteiger partial charge in [-0.25, -0.2) is 23.1 Å². The van der Waals surface area contributed by atoms with Gasteiger partial charge < -0.3 is 15.4 Å². The van der Waals surface area contributed by atoms with E-state index in [9.17, 15) is 13.2 Å². The Morgan fingerprint density at radius 3 is 2.48 bits per heavy atom. The summed E-state index contributed by atoms with van der Waals surface area (Å²) in [5.74, 6) is -2.22. The van der Waals surface area contributed by atoms with Gasteiger partial charge in [-0.15, -0.1) is 0 Å². The van der Waals surface area contributed by atoms with Crippen molar-refractivity contribution < 1.29 is 17.9 Å². The average Bonchev–Trinajstić information content (AvgIpc) is 2.66. The van der Waals surface area contributed by atoms with Crippen molar-refractivity contribution in [3.63, 3.8) is 0 Å². The van der Waals surface area contributed by atoms with Crippen LogP contribution in [-0.2, 0) is 6.54 Å². The number of aryl methyl sites for hydroxylation is 1. The minimum Gasteiger partial charge on any atom is -0.496 e. The van der Waals surface area contributed by atoms with Gasteiger partial charge in [-0.3, -0.25) is 0 Å². The minimum atomic E-state index is -1.54. The van der Waals surface area contributed by atoms with Crippen molar-refractivity contribution in [2.75, 3.05) is 17.7 Å². The number of hydrogen-bond acceptors (Lipinski definition) is 5. The second-order valence-corrected chi connectivity index (χ2v) is 5.70. The summed E-state index contributed by atoms with van der Waals surface area (Å²) in [4.78, 5) is 8.41. The molecule has 0 saturated heterocycles. The lowest BCUT2D eigenvalue weighted by Crippen LogP contribution is -2.07. The molecule has 1 heterocycles. The molecule has 8 heteroatoms. The van der Waals surface area contributed by atoms with Crippen LogP contribution in [0.2, 0.25) is 0 Å². The van der Waals surface area contributed by atoms with Crippen molar-refractivity contribution in [1.29, 1.82) is 0 Å². The summed E-state index contributed by atoms with van der Waals surface area (Å²) in [7, 11) is 1.59. The van der Waals surface area contributed by atoms with Gasteiger partial charge in [0.15, 0.2) is 17.5 Å². The van der Waals surface area contributed by atoms with Gasteiger partial charge in [0.1, 0.15) is 23.2 Å². The zero-order valence-electron chi connectivity index (χ0n) is 14.7. The first kappa shape index (κ1) is 18.5. The molecule has 0 aliphatic rings. The zero-order chi connectivity index (χ0) is 19.4. The van der Waals surface area contributed by atoms with Crippen LogP contribution in [0.3, 0.4) is 0 Å². The van der Waals surface area contributed by atoms with Gasteiger partial charge in [0, 0.05) is 18.2 Å². The van der Waals surface area contributed by atoms with E-state index in [2.05, 4.69) is 20.6 Å². The van der Waals surface area contributed by atoms with Crippen LogP contribution in [0.15, 0.2) is 42.5 Å². The number of nitrogens with zero attached hydrogens (tertiary/aromatic N) is 2. The fourth-order valence-corrected chi connectivity index (χ4v) is 2.52. The van der Waals surface area contributed by atoms with Crippen LogP contribution < -0.4 is 15.4 Å². The number of para-hydroxylation sites is 1. The third-order valence-corrected chi connectivity index (χ3v) is 3.79. The van der Waals surface area contributed by atoms with Crippen LogP contribution in [0.5, 0.6) is 5.75 Å². The Labute approximate surface area is 154 Å². The molecule has 140 valence electrons. The Kier molecular flexibility index (Phi) is 5.44. The van der Waals surface area contributed by atoms with Crippen LogP contribution in [-0.4, -0.2) is 17.1 Å². The topological polar surface area (TPSA) is 59.1 Å². The number of halogens is 3. The summed E-state index contributed by atoms with van der Waals surface area (Å²) in [5.41, 5.74) is 0.708. The third kappa shape index (κ3) is 4.28. The molecular weight excluding hydrogens is 357 g/mol. The fraction of sp³-hybridized carbons (Fsp3) is 0.158. The minimum absolute atomic E-state index is 0.220. The standard InChI is InChI=1S/C19H17F3N4O/c1-11-24-16(23-10-12-5-3-4-6-15(12)27-2)9-17(25-11)26-14-8-7-13(20)18(21)19(14)22/h3-9H,10H2,1-2H3,(H2,23,24,25,26). The van der Waals surface area contributed by atoms with E-state index in [1.54, 1.807) is 20.1 Å². The molecule has 0 spiro atoms. The van der Waals surface area contributed by atoms with E-state index in [1.807, 2.05) is 24.3 Å². The summed E-state index contributed by atoms with van der Waals surface area (Å²) < 4.78 is 45.6. The summed E-state index contributed by atoms with van der Waals surface area (Å²) >= 11 is 0. The second-order valence-electron chi connectivity index (χ2n) is 5.70. The van der Waals surface area contributed by atoms with E-state index in [4.69, 9.17) is 4.74 Å². The van der Waals surface area contributed by atoms with Gasteiger partial charge >= 0.3 is 0 Å². The maximum Gasteiger partial charge on any atom is 0.196 e. The Balaban J connectivity index is 1.79. The molecule has 0 saturated carbocycles. The highest BCUT2D eigenvalue weighted by Crippen LogP contribution is 2.24. The van der Waals surface area contributed by atoms with Crippen molar-refractivity contribution in [1.82, 2.24) is 9.97 Å². The number of rotatable bonds is 6. The average molecular weight is 374 g/mol. The lowest BCUT2D eigenvalue weighted by Gasteiger charge is -2.12. The molecule has 0 radical (unpaired) electrons. The number of nitrogens with one attached hydrogen (secondary N) is 2. The third-order valence-electron chi connectivity index (χ3n) is 3.79. The van der Waals surface area contributed by atoms with E-state index in [0.29, 0.717) is 18.2 Å². The summed E-state index contributed by atoms with van der Waals surface area (Å²) in [5, 5.41) is 5.78. The number of ether oxygens (including phenoxy) is 1. The van der Waals surface area contributed by atoms with Crippen LogP contribution in [0.25, 0.3) is 0 Å². The molecule has 3 aromatic rings. The SMILES string of the molecule is COc1ccccc1CNc1cc(Nc2ccc(F)c(F)c2F)nc(C)n1. The molecule has 3 rings (SSSR count). The van der Waals surface area contributed by atoms with Gasteiger partial charge in [0.2, 0.25) is 0 Å². The van der Waals surface area contributed by atoms with E-state index in [-0.39, 0.29) is 11.5 Å². The zero-order valence-corrected chi connectivity index (χ0v) is 14.7. The highest BCUT2D eigenvalue weighted by molar-refractivity contribution is 5.60. The maximum absolute atomic E-state index is 13.9. The van der Waals surface area contributed by atoms with Crippen molar-refractivity contribution in [2.24, 2.45) is 0 Å². The lowest BCUT2D eigenvalue weighted by molar-refractivity contribution is 0.410. The summed E-state index contributed by atoms with van der Waals surface area (Å²) in [6.07, 6.45) is 0. The second kappa shape index (κ2) is 7.94. The molecule has 2 N–H and O–H groups in total. The first-order valence-electron chi connectivity index (χ1n) is 8.10. The van der Waals surface area contributed by atoms with Crippen LogP contribution in [0.4, 0.5) is 30.5 Å². The number of hydrogen-bond donors (Lipinski definition) is 2.